The SMILES string of the molecule is CC(=O)Oc1cccc([C@@]23CCN(CC4CC4)C[C@@]2(OC(C)=O)CC[C@@H](NC(=O)Cc2ccc(Cl)c(Cl)c2)C3)c1. The molecule has 3 aliphatic rings. The highest BCUT2D eigenvalue weighted by molar-refractivity contribution is 6.42. The van der Waals surface area contributed by atoms with Crippen LogP contribution in [-0.4, -0.2) is 54.0 Å². The van der Waals surface area contributed by atoms with Gasteiger partial charge >= 0.3 is 11.9 Å². The van der Waals surface area contributed by atoms with Crippen LogP contribution in [0, 0.1) is 5.92 Å². The van der Waals surface area contributed by atoms with Crippen molar-refractivity contribution in [3.63, 3.8) is 0 Å². The molecular formula is C31H36Cl2N2O5. The molecule has 7 nitrogen and oxygen atoms in total. The first-order valence-corrected chi connectivity index (χ1v) is 14.8. The number of carbonyl (C=O) groups excluding carboxylic acids is 3. The van der Waals surface area contributed by atoms with Crippen LogP contribution in [0.4, 0.5) is 0 Å². The Morgan fingerprint density at radius 2 is 1.80 bits per heavy atom. The lowest BCUT2D eigenvalue weighted by molar-refractivity contribution is -0.187. The molecule has 1 N–H and O–H groups in total. The highest BCUT2D eigenvalue weighted by Gasteiger charge is 2.61. The van der Waals surface area contributed by atoms with Crippen LogP contribution >= 0.6 is 23.2 Å². The third kappa shape index (κ3) is 6.32. The Kier molecular flexibility index (Phi) is 8.46. The number of fused-ring (bicyclic) bond motifs is 1. The monoisotopic (exact) mass is 586 g/mol. The molecule has 2 saturated carbocycles. The van der Waals surface area contributed by atoms with E-state index in [2.05, 4.69) is 10.2 Å². The third-order valence-corrected chi connectivity index (χ3v) is 9.35. The Labute approximate surface area is 245 Å². The van der Waals surface area contributed by atoms with Crippen molar-refractivity contribution in [1.82, 2.24) is 10.2 Å². The van der Waals surface area contributed by atoms with Crippen LogP contribution < -0.4 is 10.1 Å². The number of carbonyl (C=O) groups is 3. The number of nitrogens with one attached hydrogen (secondary N) is 1. The van der Waals surface area contributed by atoms with Crippen molar-refractivity contribution in [3.8, 4) is 5.75 Å². The second-order valence-electron chi connectivity index (χ2n) is 11.7. The summed E-state index contributed by atoms with van der Waals surface area (Å²) in [5.41, 5.74) is 0.427. The normalized spacial score (nSPS) is 26.4. The first kappa shape index (κ1) is 28.9. The Bertz CT molecular complexity index is 1300. The van der Waals surface area contributed by atoms with E-state index in [1.165, 1.54) is 26.7 Å². The molecule has 40 heavy (non-hydrogen) atoms. The molecule has 1 amide bonds. The minimum atomic E-state index is -0.758. The maximum atomic E-state index is 13.2. The van der Waals surface area contributed by atoms with E-state index < -0.39 is 17.0 Å². The molecule has 1 saturated heterocycles. The molecule has 0 radical (unpaired) electrons. The highest BCUT2D eigenvalue weighted by atomic mass is 35.5. The quantitative estimate of drug-likeness (QED) is 0.325. The fraction of sp³-hybridized carbons (Fsp3) is 0.516. The van der Waals surface area contributed by atoms with Crippen LogP contribution in [-0.2, 0) is 31.0 Å². The third-order valence-electron chi connectivity index (χ3n) is 8.61. The van der Waals surface area contributed by atoms with E-state index in [9.17, 15) is 14.4 Å². The van der Waals surface area contributed by atoms with Crippen molar-refractivity contribution in [2.24, 2.45) is 5.92 Å². The number of likely N-dealkylation sites (tertiary alicyclic amines) is 1. The van der Waals surface area contributed by atoms with Gasteiger partial charge in [-0.1, -0.05) is 41.4 Å². The topological polar surface area (TPSA) is 84.9 Å². The lowest BCUT2D eigenvalue weighted by Crippen LogP contribution is -2.68. The van der Waals surface area contributed by atoms with Gasteiger partial charge in [0.1, 0.15) is 11.4 Å². The van der Waals surface area contributed by atoms with Crippen molar-refractivity contribution in [1.29, 1.82) is 0 Å². The Hall–Kier alpha value is -2.61. The van der Waals surface area contributed by atoms with Gasteiger partial charge < -0.3 is 14.8 Å². The molecule has 2 aromatic rings. The van der Waals surface area contributed by atoms with Crippen LogP contribution in [0.1, 0.15) is 63.5 Å². The van der Waals surface area contributed by atoms with Gasteiger partial charge in [-0.15, -0.1) is 0 Å². The Morgan fingerprint density at radius 1 is 1.00 bits per heavy atom. The number of amides is 1. The van der Waals surface area contributed by atoms with Gasteiger partial charge in [0.05, 0.1) is 16.5 Å². The van der Waals surface area contributed by atoms with E-state index in [1.807, 2.05) is 18.2 Å². The van der Waals surface area contributed by atoms with Crippen LogP contribution in [0.2, 0.25) is 10.0 Å². The summed E-state index contributed by atoms with van der Waals surface area (Å²) in [6, 6.07) is 12.7. The van der Waals surface area contributed by atoms with E-state index >= 15 is 0 Å². The molecule has 1 aliphatic heterocycles. The average Bonchev–Trinajstić information content (AvgIpc) is 3.70. The van der Waals surface area contributed by atoms with Gasteiger partial charge in [0.15, 0.2) is 0 Å². The van der Waals surface area contributed by atoms with Gasteiger partial charge in [-0.2, -0.15) is 0 Å². The number of nitrogens with zero attached hydrogens (tertiary/aromatic N) is 1. The molecule has 2 aromatic carbocycles. The summed E-state index contributed by atoms with van der Waals surface area (Å²) < 4.78 is 11.8. The summed E-state index contributed by atoms with van der Waals surface area (Å²) in [7, 11) is 0. The molecule has 3 fully saturated rings. The van der Waals surface area contributed by atoms with Crippen molar-refractivity contribution < 1.29 is 23.9 Å². The zero-order chi connectivity index (χ0) is 28.5. The van der Waals surface area contributed by atoms with Crippen molar-refractivity contribution in [2.75, 3.05) is 19.6 Å². The van der Waals surface area contributed by atoms with Gasteiger partial charge in [0.2, 0.25) is 5.91 Å². The molecular weight excluding hydrogens is 551 g/mol. The molecule has 3 atom stereocenters. The lowest BCUT2D eigenvalue weighted by atomic mass is 9.55. The van der Waals surface area contributed by atoms with Crippen molar-refractivity contribution in [2.45, 2.75) is 75.9 Å². The first-order chi connectivity index (χ1) is 19.1. The Balaban J connectivity index is 1.45. The van der Waals surface area contributed by atoms with Crippen LogP contribution in [0.3, 0.4) is 0 Å². The maximum absolute atomic E-state index is 13.2. The number of esters is 2. The average molecular weight is 588 g/mol. The number of benzene rings is 2. The molecule has 0 aromatic heterocycles. The lowest BCUT2D eigenvalue weighted by Gasteiger charge is -2.59. The van der Waals surface area contributed by atoms with E-state index in [0.717, 1.165) is 30.6 Å². The predicted molar refractivity (Wildman–Crippen MR) is 154 cm³/mol. The summed E-state index contributed by atoms with van der Waals surface area (Å²) in [5.74, 6) is 0.374. The second kappa shape index (κ2) is 11.7. The van der Waals surface area contributed by atoms with E-state index in [4.69, 9.17) is 32.7 Å². The number of halogens is 2. The highest BCUT2D eigenvalue weighted by Crippen LogP contribution is 2.54. The number of rotatable bonds is 8. The zero-order valence-corrected chi connectivity index (χ0v) is 24.5. The van der Waals surface area contributed by atoms with Gasteiger partial charge in [-0.25, -0.2) is 0 Å². The summed E-state index contributed by atoms with van der Waals surface area (Å²) in [5, 5.41) is 4.11. The minimum absolute atomic E-state index is 0.0987. The standard InChI is InChI=1S/C31H36Cl2N2O5/c1-20(36)39-26-5-3-4-24(16-26)30-12-13-35(18-22-6-7-22)19-31(30,40-21(2)37)11-10-25(17-30)34-29(38)15-23-8-9-27(32)28(33)14-23/h3-5,8-9,14,16,22,25H,6-7,10-13,15,17-19H2,1-2H3,(H,34,38)/t25-,30+,31+/m1/s1. The maximum Gasteiger partial charge on any atom is 0.308 e. The molecule has 0 bridgehead atoms. The van der Waals surface area contributed by atoms with Crippen molar-refractivity contribution >= 4 is 41.0 Å². The van der Waals surface area contributed by atoms with E-state index in [-0.39, 0.29) is 24.3 Å². The number of hydrogen-bond acceptors (Lipinski definition) is 6. The smallest absolute Gasteiger partial charge is 0.308 e. The largest absolute Gasteiger partial charge is 0.457 e. The summed E-state index contributed by atoms with van der Waals surface area (Å²) >= 11 is 12.2. The number of hydrogen-bond donors (Lipinski definition) is 1. The molecule has 1 heterocycles. The Morgan fingerprint density at radius 3 is 2.50 bits per heavy atom. The fourth-order valence-corrected chi connectivity index (χ4v) is 7.09. The van der Waals surface area contributed by atoms with E-state index in [0.29, 0.717) is 47.5 Å². The number of ether oxygens (including phenoxy) is 2. The summed E-state index contributed by atoms with van der Waals surface area (Å²) in [4.78, 5) is 39.9. The van der Waals surface area contributed by atoms with Crippen LogP contribution in [0.15, 0.2) is 42.5 Å². The second-order valence-corrected chi connectivity index (χ2v) is 12.5. The molecule has 214 valence electrons. The molecule has 5 rings (SSSR count). The fourth-order valence-electron chi connectivity index (χ4n) is 6.77. The molecule has 0 spiro atoms. The van der Waals surface area contributed by atoms with Crippen molar-refractivity contribution in [3.05, 3.63) is 63.6 Å². The van der Waals surface area contributed by atoms with Gasteiger partial charge in [-0.3, -0.25) is 19.3 Å². The van der Waals surface area contributed by atoms with Gasteiger partial charge in [-0.05, 0) is 86.4 Å². The predicted octanol–water partition coefficient (Wildman–Crippen LogP) is 5.49. The number of piperidine rings is 1. The molecule has 0 unspecified atom stereocenters. The zero-order valence-electron chi connectivity index (χ0n) is 23.0. The van der Waals surface area contributed by atoms with Gasteiger partial charge in [0, 0.05) is 38.4 Å². The molecule has 9 heteroatoms. The summed E-state index contributed by atoms with van der Waals surface area (Å²) in [6.07, 6.45) is 5.35. The first-order valence-electron chi connectivity index (χ1n) is 14.0. The molecule has 2 aliphatic carbocycles. The minimum Gasteiger partial charge on any atom is -0.457 e. The van der Waals surface area contributed by atoms with Crippen LogP contribution in [0.25, 0.3) is 0 Å². The van der Waals surface area contributed by atoms with Gasteiger partial charge in [0.25, 0.3) is 0 Å². The van der Waals surface area contributed by atoms with Crippen LogP contribution in [0.5, 0.6) is 5.75 Å². The van der Waals surface area contributed by atoms with E-state index in [1.54, 1.807) is 24.3 Å². The summed E-state index contributed by atoms with van der Waals surface area (Å²) in [6.45, 7) is 5.37.